The fraction of sp³-hybridized carbons (Fsp3) is 0.600. The van der Waals surface area contributed by atoms with Crippen LogP contribution < -0.4 is 20.5 Å². The number of fused-ring (bicyclic) bond motifs is 1. The number of anilines is 1. The van der Waals surface area contributed by atoms with Crippen molar-refractivity contribution < 1.29 is 9.47 Å². The Balaban J connectivity index is 1.71. The van der Waals surface area contributed by atoms with Crippen molar-refractivity contribution >= 4 is 5.69 Å². The average molecular weight is 262 g/mol. The van der Waals surface area contributed by atoms with Crippen molar-refractivity contribution in [2.45, 2.75) is 31.7 Å². The van der Waals surface area contributed by atoms with E-state index in [1.54, 1.807) is 0 Å². The lowest BCUT2D eigenvalue weighted by atomic mass is 9.84. The molecule has 1 aliphatic heterocycles. The van der Waals surface area contributed by atoms with Gasteiger partial charge in [0.1, 0.15) is 13.2 Å². The zero-order chi connectivity index (χ0) is 13.1. The highest BCUT2D eigenvalue weighted by molar-refractivity contribution is 5.55. The van der Waals surface area contributed by atoms with E-state index < -0.39 is 0 Å². The summed E-state index contributed by atoms with van der Waals surface area (Å²) in [5, 5.41) is 3.62. The van der Waals surface area contributed by atoms with E-state index in [0.717, 1.165) is 23.7 Å². The molecule has 2 atom stereocenters. The zero-order valence-corrected chi connectivity index (χ0v) is 11.2. The second-order valence-electron chi connectivity index (χ2n) is 5.39. The summed E-state index contributed by atoms with van der Waals surface area (Å²) in [5.74, 6) is 2.27. The lowest BCUT2D eigenvalue weighted by Crippen LogP contribution is -2.36. The molecule has 3 N–H and O–H groups in total. The second kappa shape index (κ2) is 5.70. The maximum absolute atomic E-state index is 5.87. The van der Waals surface area contributed by atoms with Crippen LogP contribution in [-0.2, 0) is 0 Å². The van der Waals surface area contributed by atoms with E-state index in [1.165, 1.54) is 25.7 Å². The van der Waals surface area contributed by atoms with Crippen LogP contribution >= 0.6 is 0 Å². The van der Waals surface area contributed by atoms with Crippen LogP contribution in [0.15, 0.2) is 18.2 Å². The van der Waals surface area contributed by atoms with Gasteiger partial charge >= 0.3 is 0 Å². The number of rotatable bonds is 3. The van der Waals surface area contributed by atoms with E-state index in [-0.39, 0.29) is 0 Å². The lowest BCUT2D eigenvalue weighted by Gasteiger charge is -2.32. The first-order valence-corrected chi connectivity index (χ1v) is 7.23. The first-order chi connectivity index (χ1) is 9.36. The van der Waals surface area contributed by atoms with Gasteiger partial charge in [0, 0.05) is 17.8 Å². The van der Waals surface area contributed by atoms with E-state index in [2.05, 4.69) is 11.4 Å². The van der Waals surface area contributed by atoms with Crippen LogP contribution in [0.25, 0.3) is 0 Å². The second-order valence-corrected chi connectivity index (χ2v) is 5.39. The van der Waals surface area contributed by atoms with Crippen LogP contribution in [0.5, 0.6) is 11.5 Å². The molecule has 3 rings (SSSR count). The van der Waals surface area contributed by atoms with Crippen molar-refractivity contribution in [1.82, 2.24) is 0 Å². The van der Waals surface area contributed by atoms with E-state index >= 15 is 0 Å². The lowest BCUT2D eigenvalue weighted by molar-refractivity contribution is 0.171. The molecule has 1 fully saturated rings. The fourth-order valence-corrected chi connectivity index (χ4v) is 3.03. The van der Waals surface area contributed by atoms with Crippen molar-refractivity contribution in [2.24, 2.45) is 11.7 Å². The van der Waals surface area contributed by atoms with Gasteiger partial charge in [-0.3, -0.25) is 0 Å². The third kappa shape index (κ3) is 2.78. The molecule has 4 heteroatoms. The van der Waals surface area contributed by atoms with Crippen LogP contribution in [0.2, 0.25) is 0 Å². The van der Waals surface area contributed by atoms with E-state index in [0.29, 0.717) is 25.2 Å². The monoisotopic (exact) mass is 262 g/mol. The molecular formula is C15H22N2O2. The maximum Gasteiger partial charge on any atom is 0.163 e. The topological polar surface area (TPSA) is 56.5 Å². The smallest absolute Gasteiger partial charge is 0.163 e. The zero-order valence-electron chi connectivity index (χ0n) is 11.2. The highest BCUT2D eigenvalue weighted by Crippen LogP contribution is 2.34. The summed E-state index contributed by atoms with van der Waals surface area (Å²) in [6.07, 6.45) is 5.04. The first kappa shape index (κ1) is 12.6. The van der Waals surface area contributed by atoms with Gasteiger partial charge in [-0.15, -0.1) is 0 Å². The van der Waals surface area contributed by atoms with Crippen LogP contribution in [0.3, 0.4) is 0 Å². The number of hydrogen-bond donors (Lipinski definition) is 2. The number of nitrogens with one attached hydrogen (secondary N) is 1. The summed E-state index contributed by atoms with van der Waals surface area (Å²) in [4.78, 5) is 0. The average Bonchev–Trinajstić information content (AvgIpc) is 2.48. The Morgan fingerprint density at radius 3 is 2.74 bits per heavy atom. The molecule has 2 aliphatic rings. The quantitative estimate of drug-likeness (QED) is 0.878. The number of hydrogen-bond acceptors (Lipinski definition) is 4. The van der Waals surface area contributed by atoms with Gasteiger partial charge in [0.05, 0.1) is 0 Å². The van der Waals surface area contributed by atoms with Gasteiger partial charge < -0.3 is 20.5 Å². The van der Waals surface area contributed by atoms with E-state index in [1.807, 2.05) is 12.1 Å². The molecule has 1 aliphatic carbocycles. The summed E-state index contributed by atoms with van der Waals surface area (Å²) in [5.41, 5.74) is 6.98. The van der Waals surface area contributed by atoms with Crippen molar-refractivity contribution in [3.8, 4) is 11.5 Å². The van der Waals surface area contributed by atoms with Gasteiger partial charge in [-0.2, -0.15) is 0 Å². The molecule has 1 aromatic rings. The number of ether oxygens (including phenoxy) is 2. The number of benzene rings is 1. The van der Waals surface area contributed by atoms with Crippen LogP contribution in [0.1, 0.15) is 25.7 Å². The molecule has 1 saturated carbocycles. The number of nitrogens with two attached hydrogens (primary N) is 1. The van der Waals surface area contributed by atoms with Crippen LogP contribution in [0, 0.1) is 5.92 Å². The summed E-state index contributed by atoms with van der Waals surface area (Å²) in [6.45, 7) is 2.03. The van der Waals surface area contributed by atoms with Crippen molar-refractivity contribution in [2.75, 3.05) is 25.1 Å². The Morgan fingerprint density at radius 1 is 1.11 bits per heavy atom. The maximum atomic E-state index is 5.87. The molecule has 0 amide bonds. The van der Waals surface area contributed by atoms with Crippen molar-refractivity contribution in [3.63, 3.8) is 0 Å². The molecule has 19 heavy (non-hydrogen) atoms. The molecule has 0 aromatic heterocycles. The normalized spacial score (nSPS) is 25.9. The predicted molar refractivity (Wildman–Crippen MR) is 75.9 cm³/mol. The Bertz CT molecular complexity index is 436. The molecule has 1 aromatic carbocycles. The minimum atomic E-state index is 0.487. The highest BCUT2D eigenvalue weighted by Gasteiger charge is 2.24. The molecule has 0 radical (unpaired) electrons. The Kier molecular flexibility index (Phi) is 3.78. The third-order valence-corrected chi connectivity index (χ3v) is 4.11. The summed E-state index contributed by atoms with van der Waals surface area (Å²) in [7, 11) is 0. The van der Waals surface area contributed by atoms with Gasteiger partial charge in [0.25, 0.3) is 0 Å². The minimum absolute atomic E-state index is 0.487. The Hall–Kier alpha value is -1.42. The standard InChI is InChI=1S/C15H22N2O2/c16-10-11-3-1-2-4-13(11)17-12-5-6-14-15(9-12)19-8-7-18-14/h5-6,9,11,13,17H,1-4,7-8,10,16H2. The first-order valence-electron chi connectivity index (χ1n) is 7.23. The summed E-state index contributed by atoms with van der Waals surface area (Å²) < 4.78 is 11.2. The predicted octanol–water partition coefficient (Wildman–Crippen LogP) is 2.39. The summed E-state index contributed by atoms with van der Waals surface area (Å²) in [6, 6.07) is 6.57. The molecule has 0 saturated heterocycles. The summed E-state index contributed by atoms with van der Waals surface area (Å²) >= 11 is 0. The Labute approximate surface area is 114 Å². The molecular weight excluding hydrogens is 240 g/mol. The van der Waals surface area contributed by atoms with Crippen molar-refractivity contribution in [1.29, 1.82) is 0 Å². The third-order valence-electron chi connectivity index (χ3n) is 4.11. The molecule has 0 bridgehead atoms. The van der Waals surface area contributed by atoms with Crippen LogP contribution in [0.4, 0.5) is 5.69 Å². The van der Waals surface area contributed by atoms with Crippen molar-refractivity contribution in [3.05, 3.63) is 18.2 Å². The molecule has 4 nitrogen and oxygen atoms in total. The van der Waals surface area contributed by atoms with E-state index in [4.69, 9.17) is 15.2 Å². The molecule has 1 heterocycles. The van der Waals surface area contributed by atoms with Gasteiger partial charge in [-0.1, -0.05) is 12.8 Å². The highest BCUT2D eigenvalue weighted by atomic mass is 16.6. The van der Waals surface area contributed by atoms with Gasteiger partial charge in [0.2, 0.25) is 0 Å². The van der Waals surface area contributed by atoms with Crippen LogP contribution in [-0.4, -0.2) is 25.8 Å². The largest absolute Gasteiger partial charge is 0.486 e. The van der Waals surface area contributed by atoms with Gasteiger partial charge in [-0.25, -0.2) is 0 Å². The molecule has 0 spiro atoms. The van der Waals surface area contributed by atoms with Gasteiger partial charge in [0.15, 0.2) is 11.5 Å². The fourth-order valence-electron chi connectivity index (χ4n) is 3.03. The molecule has 104 valence electrons. The Morgan fingerprint density at radius 2 is 1.89 bits per heavy atom. The SMILES string of the molecule is NCC1CCCCC1Nc1ccc2c(c1)OCCO2. The molecule has 2 unspecified atom stereocenters. The van der Waals surface area contributed by atoms with E-state index in [9.17, 15) is 0 Å². The minimum Gasteiger partial charge on any atom is -0.486 e. The van der Waals surface area contributed by atoms with Gasteiger partial charge in [-0.05, 0) is 37.4 Å².